The average molecular weight is 357 g/mol. The molecular formula is C14H19N3O8. The smallest absolute Gasteiger partial charge is 0.336 e. The summed E-state index contributed by atoms with van der Waals surface area (Å²) in [7, 11) is 0. The van der Waals surface area contributed by atoms with Crippen molar-refractivity contribution in [1.29, 1.82) is 0 Å². The van der Waals surface area contributed by atoms with Crippen molar-refractivity contribution < 1.29 is 24.1 Å². The van der Waals surface area contributed by atoms with Crippen LogP contribution < -0.4 is 17.1 Å². The van der Waals surface area contributed by atoms with Crippen LogP contribution in [0.1, 0.15) is 6.92 Å². The predicted octanol–water partition coefficient (Wildman–Crippen LogP) is -3.11. The fourth-order valence-electron chi connectivity index (χ4n) is 2.38. The number of carbonyl (C=O) groups is 1. The van der Waals surface area contributed by atoms with Crippen LogP contribution in [0.25, 0.3) is 0 Å². The van der Waals surface area contributed by atoms with Crippen LogP contribution in [0.2, 0.25) is 0 Å². The second-order valence-corrected chi connectivity index (χ2v) is 6.05. The summed E-state index contributed by atoms with van der Waals surface area (Å²) in [5.41, 5.74) is -2.40. The summed E-state index contributed by atoms with van der Waals surface area (Å²) in [6.45, 7) is 1.35. The Labute approximate surface area is 141 Å². The number of carbonyl (C=O) groups excluding carboxylic acids is 1. The number of nitrogens with zero attached hydrogens (tertiary/aromatic N) is 3. The van der Waals surface area contributed by atoms with Gasteiger partial charge in [-0.15, -0.1) is 0 Å². The maximum Gasteiger partial charge on any atom is 0.336 e. The van der Waals surface area contributed by atoms with Crippen LogP contribution in [0.3, 0.4) is 0 Å². The molecule has 3 rings (SSSR count). The summed E-state index contributed by atoms with van der Waals surface area (Å²) in [6, 6.07) is 0. The number of epoxide rings is 2. The van der Waals surface area contributed by atoms with Crippen molar-refractivity contribution in [2.24, 2.45) is 0 Å². The molecular weight excluding hydrogens is 338 g/mol. The van der Waals surface area contributed by atoms with Crippen LogP contribution in [0.15, 0.2) is 14.4 Å². The third-order valence-electron chi connectivity index (χ3n) is 3.83. The van der Waals surface area contributed by atoms with Gasteiger partial charge >= 0.3 is 23.0 Å². The summed E-state index contributed by atoms with van der Waals surface area (Å²) in [4.78, 5) is 48.3. The molecule has 0 radical (unpaired) electrons. The van der Waals surface area contributed by atoms with Gasteiger partial charge in [0.25, 0.3) is 0 Å². The maximum atomic E-state index is 12.5. The molecule has 0 aromatic carbocycles. The zero-order valence-corrected chi connectivity index (χ0v) is 13.6. The molecule has 0 spiro atoms. The summed E-state index contributed by atoms with van der Waals surface area (Å²) in [5, 5.41) is 9.92. The van der Waals surface area contributed by atoms with Crippen molar-refractivity contribution in [1.82, 2.24) is 13.7 Å². The van der Waals surface area contributed by atoms with E-state index in [1.165, 1.54) is 6.92 Å². The molecule has 1 aromatic rings. The van der Waals surface area contributed by atoms with E-state index in [0.717, 1.165) is 13.7 Å². The lowest BCUT2D eigenvalue weighted by Gasteiger charge is -2.15. The largest absolute Gasteiger partial charge is 0.463 e. The normalized spacial score (nSPS) is 22.5. The number of rotatable bonds is 8. The first-order valence-corrected chi connectivity index (χ1v) is 7.86. The number of aliphatic hydroxyl groups is 1. The first-order valence-electron chi connectivity index (χ1n) is 7.86. The fraction of sp³-hybridized carbons (Fsp3) is 0.714. The van der Waals surface area contributed by atoms with Crippen molar-refractivity contribution in [3.63, 3.8) is 0 Å². The van der Waals surface area contributed by atoms with Crippen LogP contribution in [-0.2, 0) is 38.6 Å². The van der Waals surface area contributed by atoms with Crippen molar-refractivity contribution in [2.45, 2.75) is 44.9 Å². The average Bonchev–Trinajstić information content (AvgIpc) is 3.45. The molecule has 3 heterocycles. The molecule has 2 saturated heterocycles. The molecule has 0 amide bonds. The Morgan fingerprint density at radius 3 is 1.92 bits per heavy atom. The van der Waals surface area contributed by atoms with Crippen LogP contribution in [0, 0.1) is 0 Å². The molecule has 3 unspecified atom stereocenters. The molecule has 3 atom stereocenters. The SMILES string of the molecule is CC(=O)OCC(O)Cn1c(=O)n(CC2CO2)c(=O)n(CC2CO2)c1=O. The number of aromatic nitrogens is 3. The van der Waals surface area contributed by atoms with Gasteiger partial charge < -0.3 is 19.3 Å². The first kappa shape index (κ1) is 17.6. The van der Waals surface area contributed by atoms with Gasteiger partial charge in [0.05, 0.1) is 45.1 Å². The maximum absolute atomic E-state index is 12.5. The predicted molar refractivity (Wildman–Crippen MR) is 81.3 cm³/mol. The van der Waals surface area contributed by atoms with Gasteiger partial charge in [-0.05, 0) is 0 Å². The van der Waals surface area contributed by atoms with E-state index in [1.54, 1.807) is 0 Å². The number of ether oxygens (including phenoxy) is 3. The molecule has 1 N–H and O–H groups in total. The van der Waals surface area contributed by atoms with Crippen molar-refractivity contribution >= 4 is 5.97 Å². The van der Waals surface area contributed by atoms with E-state index in [-0.39, 0.29) is 31.9 Å². The van der Waals surface area contributed by atoms with Crippen molar-refractivity contribution in [3.05, 3.63) is 31.5 Å². The first-order chi connectivity index (χ1) is 11.9. The van der Waals surface area contributed by atoms with E-state index in [9.17, 15) is 24.3 Å². The molecule has 11 heteroatoms. The Morgan fingerprint density at radius 1 is 1.08 bits per heavy atom. The molecule has 0 bridgehead atoms. The van der Waals surface area contributed by atoms with Crippen molar-refractivity contribution in [3.8, 4) is 0 Å². The standard InChI is InChI=1S/C14H19N3O8/c1-8(18)23-5-9(19)2-15-12(20)16(3-10-6-24-10)14(22)17(13(15)21)4-11-7-25-11/h9-11,19H,2-7H2,1H3. The molecule has 0 aliphatic carbocycles. The molecule has 2 aliphatic rings. The zero-order chi connectivity index (χ0) is 18.1. The monoisotopic (exact) mass is 357 g/mol. The minimum atomic E-state index is -1.26. The minimum Gasteiger partial charge on any atom is -0.463 e. The van der Waals surface area contributed by atoms with Crippen molar-refractivity contribution in [2.75, 3.05) is 19.8 Å². The molecule has 25 heavy (non-hydrogen) atoms. The number of hydrogen-bond donors (Lipinski definition) is 1. The Balaban J connectivity index is 1.94. The molecule has 0 saturated carbocycles. The van der Waals surface area contributed by atoms with Gasteiger partial charge in [-0.1, -0.05) is 0 Å². The van der Waals surface area contributed by atoms with Gasteiger partial charge in [0.15, 0.2) is 0 Å². The van der Waals surface area contributed by atoms with E-state index >= 15 is 0 Å². The lowest BCUT2D eigenvalue weighted by molar-refractivity contribution is -0.144. The number of esters is 1. The Hall–Kier alpha value is -2.24. The second kappa shape index (κ2) is 6.94. The summed E-state index contributed by atoms with van der Waals surface area (Å²) in [6.07, 6.45) is -1.75. The lowest BCUT2D eigenvalue weighted by atomic mass is 10.3. The van der Waals surface area contributed by atoms with E-state index in [0.29, 0.717) is 13.2 Å². The van der Waals surface area contributed by atoms with Crippen LogP contribution in [0.5, 0.6) is 0 Å². The van der Waals surface area contributed by atoms with E-state index in [1.807, 2.05) is 0 Å². The molecule has 11 nitrogen and oxygen atoms in total. The van der Waals surface area contributed by atoms with Gasteiger partial charge in [0.1, 0.15) is 12.7 Å². The Morgan fingerprint density at radius 2 is 1.52 bits per heavy atom. The topological polar surface area (TPSA) is 138 Å². The van der Waals surface area contributed by atoms with Crippen LogP contribution in [-0.4, -0.2) is 62.9 Å². The van der Waals surface area contributed by atoms with Gasteiger partial charge in [-0.3, -0.25) is 4.79 Å². The van der Waals surface area contributed by atoms with Gasteiger partial charge in [0.2, 0.25) is 0 Å². The van der Waals surface area contributed by atoms with Crippen LogP contribution in [0.4, 0.5) is 0 Å². The Kier molecular flexibility index (Phi) is 4.88. The molecule has 2 aliphatic heterocycles. The van der Waals surface area contributed by atoms with Crippen LogP contribution >= 0.6 is 0 Å². The quantitative estimate of drug-likeness (QED) is 0.381. The highest BCUT2D eigenvalue weighted by Gasteiger charge is 2.29. The summed E-state index contributed by atoms with van der Waals surface area (Å²) < 4.78 is 17.4. The molecule has 2 fully saturated rings. The highest BCUT2D eigenvalue weighted by molar-refractivity contribution is 5.65. The van der Waals surface area contributed by atoms with Gasteiger partial charge in [-0.2, -0.15) is 0 Å². The third-order valence-corrected chi connectivity index (χ3v) is 3.83. The highest BCUT2D eigenvalue weighted by atomic mass is 16.6. The third kappa shape index (κ3) is 4.24. The second-order valence-electron chi connectivity index (χ2n) is 6.05. The highest BCUT2D eigenvalue weighted by Crippen LogP contribution is 2.10. The van der Waals surface area contributed by atoms with Gasteiger partial charge in [-0.25, -0.2) is 28.1 Å². The van der Waals surface area contributed by atoms with E-state index < -0.39 is 35.7 Å². The lowest BCUT2D eigenvalue weighted by Crippen LogP contribution is -2.56. The molecule has 138 valence electrons. The van der Waals surface area contributed by atoms with Gasteiger partial charge in [0, 0.05) is 6.92 Å². The van der Waals surface area contributed by atoms with E-state index in [4.69, 9.17) is 9.47 Å². The summed E-state index contributed by atoms with van der Waals surface area (Å²) in [5.74, 6) is -0.592. The summed E-state index contributed by atoms with van der Waals surface area (Å²) >= 11 is 0. The minimum absolute atomic E-state index is 0.0313. The van der Waals surface area contributed by atoms with E-state index in [2.05, 4.69) is 4.74 Å². The molecule has 1 aromatic heterocycles. The fourth-order valence-corrected chi connectivity index (χ4v) is 2.38. The Bertz CT molecular complexity index is 778. The zero-order valence-electron chi connectivity index (χ0n) is 13.6. The number of aliphatic hydroxyl groups excluding tert-OH is 1. The number of hydrogen-bond acceptors (Lipinski definition) is 8.